The first-order valence-electron chi connectivity index (χ1n) is 8.17. The van der Waals surface area contributed by atoms with E-state index in [9.17, 15) is 9.59 Å². The maximum Gasteiger partial charge on any atom is 0.240 e. The number of hydrogen-bond donors (Lipinski definition) is 2. The number of nitrogens with one attached hydrogen (secondary N) is 2. The summed E-state index contributed by atoms with van der Waals surface area (Å²) >= 11 is 5.79. The molecule has 0 spiro atoms. The Labute approximate surface area is 157 Å². The van der Waals surface area contributed by atoms with E-state index in [-0.39, 0.29) is 24.7 Å². The second-order valence-electron chi connectivity index (χ2n) is 5.35. The number of carbonyl (C=O) groups is 2. The first-order chi connectivity index (χ1) is 12.6. The molecule has 136 valence electrons. The smallest absolute Gasteiger partial charge is 0.240 e. The van der Waals surface area contributed by atoms with Gasteiger partial charge < -0.3 is 10.1 Å². The van der Waals surface area contributed by atoms with E-state index < -0.39 is 0 Å². The molecule has 2 rings (SSSR count). The topological polar surface area (TPSA) is 79.8 Å². The number of nitrogens with zero attached hydrogens (tertiary/aromatic N) is 1. The third kappa shape index (κ3) is 6.94. The van der Waals surface area contributed by atoms with E-state index in [4.69, 9.17) is 16.3 Å². The lowest BCUT2D eigenvalue weighted by Gasteiger charge is -2.07. The summed E-state index contributed by atoms with van der Waals surface area (Å²) in [5, 5.41) is 7.20. The van der Waals surface area contributed by atoms with Crippen molar-refractivity contribution < 1.29 is 14.3 Å². The molecule has 7 heteroatoms. The van der Waals surface area contributed by atoms with Crippen molar-refractivity contribution in [3.63, 3.8) is 0 Å². The molecular formula is C19H20ClN3O3. The maximum atomic E-state index is 11.9. The first-order valence-corrected chi connectivity index (χ1v) is 8.55. The van der Waals surface area contributed by atoms with Gasteiger partial charge in [0.25, 0.3) is 0 Å². The predicted octanol–water partition coefficient (Wildman–Crippen LogP) is 3.61. The fourth-order valence-electron chi connectivity index (χ4n) is 2.04. The standard InChI is InChI=1S/C19H20ClN3O3/c1-2-26-17-9-7-16(8-10-17)22-18(24)11-12-19(25)23-21-13-14-3-5-15(20)6-4-14/h3-10,13H,2,11-12H2,1H3,(H,22,24)(H,23,25). The highest BCUT2D eigenvalue weighted by Gasteiger charge is 2.07. The van der Waals surface area contributed by atoms with E-state index in [1.807, 2.05) is 6.92 Å². The molecule has 0 saturated carbocycles. The normalized spacial score (nSPS) is 10.5. The lowest BCUT2D eigenvalue weighted by Crippen LogP contribution is -2.20. The molecule has 0 atom stereocenters. The van der Waals surface area contributed by atoms with Crippen molar-refractivity contribution in [2.45, 2.75) is 19.8 Å². The Morgan fingerprint density at radius 3 is 2.35 bits per heavy atom. The number of benzene rings is 2. The summed E-state index contributed by atoms with van der Waals surface area (Å²) in [4.78, 5) is 23.6. The molecule has 0 bridgehead atoms. The SMILES string of the molecule is CCOc1ccc(NC(=O)CCC(=O)NN=Cc2ccc(Cl)cc2)cc1. The van der Waals surface area contributed by atoms with Gasteiger partial charge in [0.05, 0.1) is 12.8 Å². The Kier molecular flexibility index (Phi) is 7.64. The Hall–Kier alpha value is -2.86. The van der Waals surface area contributed by atoms with Crippen LogP contribution in [0.2, 0.25) is 5.02 Å². The van der Waals surface area contributed by atoms with E-state index >= 15 is 0 Å². The lowest BCUT2D eigenvalue weighted by molar-refractivity contribution is -0.124. The van der Waals surface area contributed by atoms with Gasteiger partial charge in [0.15, 0.2) is 0 Å². The molecule has 6 nitrogen and oxygen atoms in total. The molecule has 0 fully saturated rings. The summed E-state index contributed by atoms with van der Waals surface area (Å²) in [6.45, 7) is 2.49. The highest BCUT2D eigenvalue weighted by molar-refractivity contribution is 6.30. The zero-order valence-electron chi connectivity index (χ0n) is 14.4. The minimum absolute atomic E-state index is 0.0425. The van der Waals surface area contributed by atoms with Crippen molar-refractivity contribution in [2.24, 2.45) is 5.10 Å². The summed E-state index contributed by atoms with van der Waals surface area (Å²) < 4.78 is 5.33. The van der Waals surface area contributed by atoms with E-state index in [0.717, 1.165) is 11.3 Å². The fourth-order valence-corrected chi connectivity index (χ4v) is 2.16. The minimum atomic E-state index is -0.336. The molecule has 2 N–H and O–H groups in total. The van der Waals surface area contributed by atoms with Crippen LogP contribution >= 0.6 is 11.6 Å². The number of hydrazone groups is 1. The summed E-state index contributed by atoms with van der Waals surface area (Å²) in [5.74, 6) is 0.159. The Bertz CT molecular complexity index is 759. The molecule has 0 aliphatic heterocycles. The monoisotopic (exact) mass is 373 g/mol. The lowest BCUT2D eigenvalue weighted by atomic mass is 10.2. The molecular weight excluding hydrogens is 354 g/mol. The molecule has 0 aliphatic rings. The van der Waals surface area contributed by atoms with Crippen molar-refractivity contribution >= 4 is 35.3 Å². The number of amides is 2. The van der Waals surface area contributed by atoms with Gasteiger partial charge in [0, 0.05) is 23.6 Å². The Morgan fingerprint density at radius 2 is 1.69 bits per heavy atom. The van der Waals surface area contributed by atoms with Crippen molar-refractivity contribution in [1.29, 1.82) is 0 Å². The average molecular weight is 374 g/mol. The fraction of sp³-hybridized carbons (Fsp3) is 0.211. The third-order valence-electron chi connectivity index (χ3n) is 3.30. The molecule has 0 saturated heterocycles. The molecule has 0 unspecified atom stereocenters. The van der Waals surface area contributed by atoms with Gasteiger partial charge in [0.2, 0.25) is 11.8 Å². The third-order valence-corrected chi connectivity index (χ3v) is 3.55. The number of anilines is 1. The van der Waals surface area contributed by atoms with Gasteiger partial charge in [-0.15, -0.1) is 0 Å². The van der Waals surface area contributed by atoms with Crippen LogP contribution in [0.15, 0.2) is 53.6 Å². The van der Waals surface area contributed by atoms with Gasteiger partial charge in [-0.05, 0) is 48.9 Å². The quantitative estimate of drug-likeness (QED) is 0.548. The van der Waals surface area contributed by atoms with Crippen LogP contribution in [0.4, 0.5) is 5.69 Å². The van der Waals surface area contributed by atoms with Crippen molar-refractivity contribution in [3.8, 4) is 5.75 Å². The van der Waals surface area contributed by atoms with Gasteiger partial charge in [0.1, 0.15) is 5.75 Å². The minimum Gasteiger partial charge on any atom is -0.494 e. The second-order valence-corrected chi connectivity index (χ2v) is 5.79. The zero-order valence-corrected chi connectivity index (χ0v) is 15.1. The van der Waals surface area contributed by atoms with E-state index in [0.29, 0.717) is 17.3 Å². The Morgan fingerprint density at radius 1 is 1.04 bits per heavy atom. The van der Waals surface area contributed by atoms with Gasteiger partial charge in [-0.3, -0.25) is 9.59 Å². The average Bonchev–Trinajstić information content (AvgIpc) is 2.63. The molecule has 0 heterocycles. The number of halogens is 1. The van der Waals surface area contributed by atoms with Crippen LogP contribution in [0.5, 0.6) is 5.75 Å². The van der Waals surface area contributed by atoms with Crippen LogP contribution in [-0.4, -0.2) is 24.6 Å². The van der Waals surface area contributed by atoms with Crippen LogP contribution in [-0.2, 0) is 9.59 Å². The van der Waals surface area contributed by atoms with Crippen LogP contribution in [0.25, 0.3) is 0 Å². The number of rotatable bonds is 8. The van der Waals surface area contributed by atoms with E-state index in [2.05, 4.69) is 15.8 Å². The maximum absolute atomic E-state index is 11.9. The Balaban J connectivity index is 1.70. The number of ether oxygens (including phenoxy) is 1. The summed E-state index contributed by atoms with van der Waals surface area (Å²) in [7, 11) is 0. The zero-order chi connectivity index (χ0) is 18.8. The molecule has 0 aliphatic carbocycles. The van der Waals surface area contributed by atoms with Crippen molar-refractivity contribution in [2.75, 3.05) is 11.9 Å². The number of carbonyl (C=O) groups excluding carboxylic acids is 2. The second kappa shape index (κ2) is 10.2. The summed E-state index contributed by atoms with van der Waals surface area (Å²) in [6.07, 6.45) is 1.62. The van der Waals surface area contributed by atoms with Crippen LogP contribution < -0.4 is 15.5 Å². The molecule has 2 amide bonds. The number of hydrogen-bond acceptors (Lipinski definition) is 4. The molecule has 0 radical (unpaired) electrons. The van der Waals surface area contributed by atoms with Crippen LogP contribution in [0.3, 0.4) is 0 Å². The van der Waals surface area contributed by atoms with Crippen LogP contribution in [0.1, 0.15) is 25.3 Å². The molecule has 0 aromatic heterocycles. The predicted molar refractivity (Wildman–Crippen MR) is 103 cm³/mol. The molecule has 2 aromatic carbocycles. The molecule has 2 aromatic rings. The largest absolute Gasteiger partial charge is 0.494 e. The molecule has 26 heavy (non-hydrogen) atoms. The van der Waals surface area contributed by atoms with E-state index in [1.54, 1.807) is 48.5 Å². The summed E-state index contributed by atoms with van der Waals surface area (Å²) in [5.41, 5.74) is 3.85. The van der Waals surface area contributed by atoms with Crippen LogP contribution in [0, 0.1) is 0 Å². The highest BCUT2D eigenvalue weighted by Crippen LogP contribution is 2.15. The van der Waals surface area contributed by atoms with Gasteiger partial charge in [-0.2, -0.15) is 5.10 Å². The first kappa shape index (κ1) is 19.5. The van der Waals surface area contributed by atoms with Gasteiger partial charge in [-0.25, -0.2) is 5.43 Å². The van der Waals surface area contributed by atoms with Gasteiger partial charge >= 0.3 is 0 Å². The van der Waals surface area contributed by atoms with Crippen molar-refractivity contribution in [3.05, 3.63) is 59.1 Å². The summed E-state index contributed by atoms with van der Waals surface area (Å²) in [6, 6.07) is 14.1. The van der Waals surface area contributed by atoms with Gasteiger partial charge in [-0.1, -0.05) is 23.7 Å². The highest BCUT2D eigenvalue weighted by atomic mass is 35.5. The van der Waals surface area contributed by atoms with E-state index in [1.165, 1.54) is 6.21 Å². The van der Waals surface area contributed by atoms with Crippen molar-refractivity contribution in [1.82, 2.24) is 5.43 Å².